The van der Waals surface area contributed by atoms with Crippen LogP contribution in [-0.2, 0) is 20.0 Å². The average Bonchev–Trinajstić information content (AvgIpc) is 2.46. The fourth-order valence-corrected chi connectivity index (χ4v) is 3.76. The lowest BCUT2D eigenvalue weighted by atomic mass is 10.3. The van der Waals surface area contributed by atoms with Crippen molar-refractivity contribution in [3.8, 4) is 0 Å². The smallest absolute Gasteiger partial charge is 0.254 e. The lowest BCUT2D eigenvalue weighted by molar-refractivity contribution is 0.589. The van der Waals surface area contributed by atoms with Crippen LogP contribution in [0.15, 0.2) is 4.40 Å². The molecule has 0 aromatic heterocycles. The Kier molecular flexibility index (Phi) is 26.1. The third-order valence-corrected chi connectivity index (χ3v) is 5.74. The molecule has 0 heterocycles. The number of primary sulfonamides is 1. The van der Waals surface area contributed by atoms with Gasteiger partial charge in [-0.25, -0.2) is 22.0 Å². The topological polar surface area (TPSA) is 110 Å². The van der Waals surface area contributed by atoms with Crippen LogP contribution in [-0.4, -0.2) is 64.3 Å². The van der Waals surface area contributed by atoms with E-state index in [1.807, 2.05) is 0 Å². The zero-order valence-corrected chi connectivity index (χ0v) is 19.1. The summed E-state index contributed by atoms with van der Waals surface area (Å²) in [5, 5.41) is 6.63. The predicted octanol–water partition coefficient (Wildman–Crippen LogP) is 3.58. The first kappa shape index (κ1) is 33.8. The molecule has 0 saturated carbocycles. The van der Waals surface area contributed by atoms with Gasteiger partial charge in [0.2, 0.25) is 10.0 Å². The van der Waals surface area contributed by atoms with Crippen LogP contribution in [0.3, 0.4) is 0 Å². The number of hydrogen-bond donors (Lipinski definition) is 1. The van der Waals surface area contributed by atoms with Gasteiger partial charge in [0.1, 0.15) is 6.34 Å². The highest BCUT2D eigenvalue weighted by Gasteiger charge is 2.06. The van der Waals surface area contributed by atoms with E-state index in [4.69, 9.17) is 5.14 Å². The first-order chi connectivity index (χ1) is 11.0. The lowest BCUT2D eigenvalue weighted by Gasteiger charge is -2.02. The normalized spacial score (nSPS) is 11.1. The van der Waals surface area contributed by atoms with Gasteiger partial charge < -0.3 is 4.90 Å². The van der Waals surface area contributed by atoms with E-state index in [9.17, 15) is 16.8 Å². The van der Waals surface area contributed by atoms with Gasteiger partial charge in [-0.2, -0.15) is 4.40 Å². The van der Waals surface area contributed by atoms with Crippen LogP contribution in [0.2, 0.25) is 0 Å². The Balaban J connectivity index is -0.000000181. The summed E-state index contributed by atoms with van der Waals surface area (Å²) in [6.07, 6.45) is 6.52. The van der Waals surface area contributed by atoms with Gasteiger partial charge in [-0.15, -0.1) is 0 Å². The van der Waals surface area contributed by atoms with Crippen LogP contribution in [0.25, 0.3) is 0 Å². The second kappa shape index (κ2) is 20.0. The Morgan fingerprint density at radius 1 is 0.846 bits per heavy atom. The molecule has 0 bridgehead atoms. The van der Waals surface area contributed by atoms with Gasteiger partial charge in [0.05, 0.1) is 11.5 Å². The Hall–Kier alpha value is 0.290. The van der Waals surface area contributed by atoms with Gasteiger partial charge in [-0.1, -0.05) is 59.6 Å². The molecule has 0 aliphatic carbocycles. The van der Waals surface area contributed by atoms with E-state index in [1.165, 1.54) is 6.34 Å². The molecule has 0 aliphatic heterocycles. The van der Waals surface area contributed by atoms with Crippen LogP contribution in [0, 0.1) is 0 Å². The van der Waals surface area contributed by atoms with Gasteiger partial charge in [0.15, 0.2) is 0 Å². The first-order valence-corrected chi connectivity index (χ1v) is 13.2. The van der Waals surface area contributed by atoms with Gasteiger partial charge >= 0.3 is 0 Å². The van der Waals surface area contributed by atoms with Crippen LogP contribution in [0.1, 0.15) is 53.4 Å². The number of halogens is 2. The fraction of sp³-hybridized carbons (Fsp3) is 0.933. The highest BCUT2D eigenvalue weighted by Crippen LogP contribution is 2.03. The van der Waals surface area contributed by atoms with Crippen molar-refractivity contribution in [1.82, 2.24) is 4.90 Å². The highest BCUT2D eigenvalue weighted by molar-refractivity contribution is 9.09. The number of rotatable bonds is 12. The third kappa shape index (κ3) is 32.0. The van der Waals surface area contributed by atoms with Crippen LogP contribution >= 0.6 is 31.9 Å². The third-order valence-electron chi connectivity index (χ3n) is 2.54. The number of hydrogen-bond acceptors (Lipinski definition) is 4. The van der Waals surface area contributed by atoms with E-state index >= 15 is 0 Å². The van der Waals surface area contributed by atoms with Gasteiger partial charge in [-0.3, -0.25) is 0 Å². The monoisotopic (exact) mass is 545 g/mol. The second-order valence-electron chi connectivity index (χ2n) is 5.34. The molecule has 7 nitrogen and oxygen atoms in total. The molecule has 0 amide bonds. The number of sulfonamides is 2. The van der Waals surface area contributed by atoms with Gasteiger partial charge in [-0.05, 0) is 25.7 Å². The molecule has 0 saturated heterocycles. The van der Waals surface area contributed by atoms with E-state index in [0.717, 1.165) is 36.3 Å². The molecule has 0 spiro atoms. The maximum atomic E-state index is 11.3. The Morgan fingerprint density at radius 2 is 1.27 bits per heavy atom. The highest BCUT2D eigenvalue weighted by atomic mass is 79.9. The predicted molar refractivity (Wildman–Crippen MR) is 123 cm³/mol. The van der Waals surface area contributed by atoms with E-state index in [1.54, 1.807) is 19.0 Å². The molecular formula is C15H37Br2N3O4S2. The molecule has 0 aromatic rings. The van der Waals surface area contributed by atoms with Crippen molar-refractivity contribution in [1.29, 1.82) is 0 Å². The molecule has 0 rings (SSSR count). The van der Waals surface area contributed by atoms with Crippen LogP contribution in [0.4, 0.5) is 0 Å². The van der Waals surface area contributed by atoms with Crippen molar-refractivity contribution >= 4 is 58.2 Å². The van der Waals surface area contributed by atoms with Crippen LogP contribution < -0.4 is 5.14 Å². The zero-order chi connectivity index (χ0) is 19.1. The minimum absolute atomic E-state index is 0. The average molecular weight is 547 g/mol. The number of unbranched alkanes of at least 4 members (excludes halogenated alkanes) is 4. The van der Waals surface area contributed by atoms with Crippen LogP contribution in [0.5, 0.6) is 0 Å². The summed E-state index contributed by atoms with van der Waals surface area (Å²) >= 11 is 6.54. The molecule has 0 unspecified atom stereocenters. The van der Waals surface area contributed by atoms with E-state index in [0.29, 0.717) is 12.8 Å². The van der Waals surface area contributed by atoms with Crippen molar-refractivity contribution in [2.24, 2.45) is 9.54 Å². The SMILES string of the molecule is C.C.CN(C)C=NS(=O)(=O)CCCCCBr.NS(=O)(=O)CCCCCBr. The quantitative estimate of drug-likeness (QED) is 0.174. The standard InChI is InChI=1S/C8H17BrN2O2S.C5H12BrNO2S.2CH4/c1-11(2)8-10-14(12,13)7-5-3-4-6-9;6-4-2-1-3-5-10(7,8)9;;/h8H,3-7H2,1-2H3;1-5H2,(H2,7,8,9);2*1H4. The molecule has 0 radical (unpaired) electrons. The molecule has 0 fully saturated rings. The first-order valence-electron chi connectivity index (χ1n) is 7.61. The summed E-state index contributed by atoms with van der Waals surface area (Å²) in [6, 6.07) is 0. The van der Waals surface area contributed by atoms with Crippen molar-refractivity contribution in [3.05, 3.63) is 0 Å². The van der Waals surface area contributed by atoms with Crippen molar-refractivity contribution in [2.45, 2.75) is 53.4 Å². The Labute approximate surface area is 178 Å². The van der Waals surface area contributed by atoms with Crippen molar-refractivity contribution in [2.75, 3.05) is 36.3 Å². The second-order valence-corrected chi connectivity index (χ2v) is 10.4. The van der Waals surface area contributed by atoms with Gasteiger partial charge in [0.25, 0.3) is 10.0 Å². The largest absolute Gasteiger partial charge is 0.368 e. The summed E-state index contributed by atoms with van der Waals surface area (Å²) in [4.78, 5) is 1.61. The summed E-state index contributed by atoms with van der Waals surface area (Å²) in [5.41, 5.74) is 0. The maximum absolute atomic E-state index is 11.3. The number of nitrogens with zero attached hydrogens (tertiary/aromatic N) is 2. The molecule has 0 atom stereocenters. The molecule has 2 N–H and O–H groups in total. The minimum atomic E-state index is -3.24. The van der Waals surface area contributed by atoms with Crippen molar-refractivity contribution in [3.63, 3.8) is 0 Å². The Morgan fingerprint density at radius 3 is 1.62 bits per heavy atom. The summed E-state index contributed by atoms with van der Waals surface area (Å²) in [6.45, 7) is 0. The summed E-state index contributed by atoms with van der Waals surface area (Å²) < 4.78 is 46.8. The molecule has 0 aliphatic rings. The molecule has 26 heavy (non-hydrogen) atoms. The lowest BCUT2D eigenvalue weighted by Crippen LogP contribution is -2.16. The van der Waals surface area contributed by atoms with E-state index < -0.39 is 20.0 Å². The maximum Gasteiger partial charge on any atom is 0.254 e. The Bertz CT molecular complexity index is 525. The minimum Gasteiger partial charge on any atom is -0.368 e. The zero-order valence-electron chi connectivity index (χ0n) is 14.3. The summed E-state index contributed by atoms with van der Waals surface area (Å²) in [5.74, 6) is 0.254. The number of nitrogens with two attached hydrogens (primary N) is 1. The van der Waals surface area contributed by atoms with E-state index in [2.05, 4.69) is 36.3 Å². The molecule has 162 valence electrons. The summed E-state index contributed by atoms with van der Waals surface area (Å²) in [7, 11) is -2.98. The van der Waals surface area contributed by atoms with Gasteiger partial charge in [0, 0.05) is 24.8 Å². The van der Waals surface area contributed by atoms with Crippen molar-refractivity contribution < 1.29 is 16.8 Å². The fourth-order valence-electron chi connectivity index (χ4n) is 1.35. The molecule has 0 aromatic carbocycles. The number of alkyl halides is 2. The molecule has 11 heteroatoms. The molecular weight excluding hydrogens is 510 g/mol. The van der Waals surface area contributed by atoms with E-state index in [-0.39, 0.29) is 26.4 Å².